The third-order valence-corrected chi connectivity index (χ3v) is 9.56. The Morgan fingerprint density at radius 1 is 0.950 bits per heavy atom. The number of carbonyl (C=O) groups excluding carboxylic acids is 2. The summed E-state index contributed by atoms with van der Waals surface area (Å²) in [6.45, 7) is 11.5. The van der Waals surface area contributed by atoms with E-state index in [-0.39, 0.29) is 23.8 Å². The fraction of sp³-hybridized carbons (Fsp3) is 0.562. The summed E-state index contributed by atoms with van der Waals surface area (Å²) in [7, 11) is 0. The van der Waals surface area contributed by atoms with Crippen LogP contribution < -0.4 is 5.32 Å². The Kier molecular flexibility index (Phi) is 11.5. The number of Topliss-reactive ketones (excluding diaryl/α,β-unsaturated/α-hetero) is 1. The van der Waals surface area contributed by atoms with E-state index < -0.39 is 0 Å². The lowest BCUT2D eigenvalue weighted by Crippen LogP contribution is -2.63. The standard InChI is InChI=1S/C32H44Cl2N4O2/c1-3-37(4-2)31(40)32(38-17-8-9-18-38)15-20-36(21-16-32)19-14-27(26-12-13-28(33)29(34)22-26)23-35-24-30(39)25-10-6-5-7-11-25/h5-7,10-13,22,27,35H,3-4,8-9,14-21,23-24H2,1-2H3. The molecule has 0 bridgehead atoms. The van der Waals surface area contributed by atoms with Crippen molar-refractivity contribution < 1.29 is 9.59 Å². The van der Waals surface area contributed by atoms with Crippen molar-refractivity contribution in [3.05, 3.63) is 69.7 Å². The highest BCUT2D eigenvalue weighted by Gasteiger charge is 2.48. The maximum Gasteiger partial charge on any atom is 0.243 e. The molecular weight excluding hydrogens is 543 g/mol. The minimum absolute atomic E-state index is 0.0839. The highest BCUT2D eigenvalue weighted by atomic mass is 35.5. The van der Waals surface area contributed by atoms with Crippen LogP contribution in [0.2, 0.25) is 10.0 Å². The van der Waals surface area contributed by atoms with E-state index >= 15 is 0 Å². The second kappa shape index (κ2) is 14.8. The van der Waals surface area contributed by atoms with E-state index in [2.05, 4.69) is 29.0 Å². The molecule has 2 aromatic carbocycles. The molecule has 1 atom stereocenters. The van der Waals surface area contributed by atoms with Crippen LogP contribution in [0.15, 0.2) is 48.5 Å². The van der Waals surface area contributed by atoms with Crippen molar-refractivity contribution in [2.24, 2.45) is 0 Å². The van der Waals surface area contributed by atoms with Gasteiger partial charge in [0.15, 0.2) is 5.78 Å². The van der Waals surface area contributed by atoms with E-state index in [4.69, 9.17) is 23.2 Å². The zero-order valence-electron chi connectivity index (χ0n) is 24.0. The smallest absolute Gasteiger partial charge is 0.243 e. The molecule has 40 heavy (non-hydrogen) atoms. The predicted molar refractivity (Wildman–Crippen MR) is 165 cm³/mol. The number of hydrogen-bond donors (Lipinski definition) is 1. The third-order valence-electron chi connectivity index (χ3n) is 8.82. The average molecular weight is 588 g/mol. The molecule has 1 amide bonds. The number of nitrogens with zero attached hydrogens (tertiary/aromatic N) is 3. The lowest BCUT2D eigenvalue weighted by molar-refractivity contribution is -0.147. The van der Waals surface area contributed by atoms with Crippen LogP contribution in [0.1, 0.15) is 67.8 Å². The second-order valence-corrected chi connectivity index (χ2v) is 11.9. The summed E-state index contributed by atoms with van der Waals surface area (Å²) in [6.07, 6.45) is 5.04. The number of halogens is 2. The Balaban J connectivity index is 1.39. The molecule has 2 aliphatic rings. The Hall–Kier alpha value is -1.96. The lowest BCUT2D eigenvalue weighted by Gasteiger charge is -2.48. The van der Waals surface area contributed by atoms with Gasteiger partial charge in [0.25, 0.3) is 0 Å². The molecule has 2 heterocycles. The van der Waals surface area contributed by atoms with E-state index in [0.29, 0.717) is 22.5 Å². The molecule has 4 rings (SSSR count). The monoisotopic (exact) mass is 586 g/mol. The molecule has 0 radical (unpaired) electrons. The van der Waals surface area contributed by atoms with Gasteiger partial charge in [-0.3, -0.25) is 14.5 Å². The van der Waals surface area contributed by atoms with Crippen LogP contribution in [-0.4, -0.2) is 90.8 Å². The maximum absolute atomic E-state index is 13.8. The highest BCUT2D eigenvalue weighted by molar-refractivity contribution is 6.42. The number of rotatable bonds is 13. The molecule has 0 saturated carbocycles. The van der Waals surface area contributed by atoms with Gasteiger partial charge in [0.05, 0.1) is 16.6 Å². The van der Waals surface area contributed by atoms with Crippen LogP contribution in [0.5, 0.6) is 0 Å². The van der Waals surface area contributed by atoms with Crippen LogP contribution in [0.25, 0.3) is 0 Å². The molecule has 2 aromatic rings. The van der Waals surface area contributed by atoms with Crippen molar-refractivity contribution in [3.63, 3.8) is 0 Å². The van der Waals surface area contributed by atoms with Crippen molar-refractivity contribution in [3.8, 4) is 0 Å². The van der Waals surface area contributed by atoms with Crippen LogP contribution in [0.4, 0.5) is 0 Å². The third kappa shape index (κ3) is 7.46. The lowest BCUT2D eigenvalue weighted by atomic mass is 9.83. The first-order valence-electron chi connectivity index (χ1n) is 14.9. The van der Waals surface area contributed by atoms with Gasteiger partial charge in [-0.15, -0.1) is 0 Å². The van der Waals surface area contributed by atoms with Gasteiger partial charge in [-0.1, -0.05) is 59.6 Å². The van der Waals surface area contributed by atoms with Crippen molar-refractivity contribution in [2.75, 3.05) is 58.9 Å². The number of likely N-dealkylation sites (N-methyl/N-ethyl adjacent to an activating group) is 1. The first-order valence-corrected chi connectivity index (χ1v) is 15.6. The molecule has 1 unspecified atom stereocenters. The number of nitrogens with one attached hydrogen (secondary N) is 1. The van der Waals surface area contributed by atoms with Crippen molar-refractivity contribution >= 4 is 34.9 Å². The zero-order valence-corrected chi connectivity index (χ0v) is 25.5. The van der Waals surface area contributed by atoms with E-state index in [1.807, 2.05) is 53.4 Å². The number of carbonyl (C=O) groups is 2. The van der Waals surface area contributed by atoms with Crippen molar-refractivity contribution in [1.29, 1.82) is 0 Å². The van der Waals surface area contributed by atoms with Gasteiger partial charge < -0.3 is 15.1 Å². The maximum atomic E-state index is 13.8. The van der Waals surface area contributed by atoms with Crippen molar-refractivity contribution in [1.82, 2.24) is 20.0 Å². The second-order valence-electron chi connectivity index (χ2n) is 11.1. The van der Waals surface area contributed by atoms with Gasteiger partial charge in [0.2, 0.25) is 5.91 Å². The Bertz CT molecular complexity index is 1110. The Morgan fingerprint density at radius 2 is 1.62 bits per heavy atom. The minimum atomic E-state index is -0.360. The first-order chi connectivity index (χ1) is 19.4. The summed E-state index contributed by atoms with van der Waals surface area (Å²) in [4.78, 5) is 33.4. The molecular formula is C32H44Cl2N4O2. The van der Waals surface area contributed by atoms with Gasteiger partial charge in [-0.05, 0) is 89.2 Å². The molecule has 1 N–H and O–H groups in total. The van der Waals surface area contributed by atoms with Gasteiger partial charge in [0, 0.05) is 38.3 Å². The summed E-state index contributed by atoms with van der Waals surface area (Å²) >= 11 is 12.6. The highest BCUT2D eigenvalue weighted by Crippen LogP contribution is 2.35. The Labute approximate surface area is 250 Å². The summed E-state index contributed by atoms with van der Waals surface area (Å²) in [5.41, 5.74) is 1.48. The van der Waals surface area contributed by atoms with E-state index in [1.165, 1.54) is 12.8 Å². The van der Waals surface area contributed by atoms with Crippen LogP contribution in [-0.2, 0) is 4.79 Å². The summed E-state index contributed by atoms with van der Waals surface area (Å²) in [5, 5.41) is 4.49. The number of benzene rings is 2. The minimum Gasteiger partial charge on any atom is -0.342 e. The van der Waals surface area contributed by atoms with E-state index in [9.17, 15) is 9.59 Å². The molecule has 2 saturated heterocycles. The van der Waals surface area contributed by atoms with Crippen LogP contribution in [0, 0.1) is 0 Å². The zero-order chi connectivity index (χ0) is 28.5. The molecule has 0 aliphatic carbocycles. The molecule has 0 spiro atoms. The normalized spacial score (nSPS) is 18.5. The topological polar surface area (TPSA) is 55.9 Å². The molecule has 218 valence electrons. The summed E-state index contributed by atoms with van der Waals surface area (Å²) in [6, 6.07) is 15.2. The van der Waals surface area contributed by atoms with Gasteiger partial charge in [-0.25, -0.2) is 0 Å². The molecule has 0 aromatic heterocycles. The van der Waals surface area contributed by atoms with Gasteiger partial charge >= 0.3 is 0 Å². The molecule has 2 aliphatic heterocycles. The number of ketones is 1. The average Bonchev–Trinajstić information content (AvgIpc) is 3.53. The fourth-order valence-corrected chi connectivity index (χ4v) is 6.65. The van der Waals surface area contributed by atoms with E-state index in [1.54, 1.807) is 0 Å². The number of amides is 1. The number of likely N-dealkylation sites (tertiary alicyclic amines) is 2. The largest absolute Gasteiger partial charge is 0.342 e. The summed E-state index contributed by atoms with van der Waals surface area (Å²) < 4.78 is 0. The molecule has 2 fully saturated rings. The van der Waals surface area contributed by atoms with Gasteiger partial charge in [0.1, 0.15) is 5.54 Å². The van der Waals surface area contributed by atoms with Gasteiger partial charge in [-0.2, -0.15) is 0 Å². The SMILES string of the molecule is CCN(CC)C(=O)C1(N2CCCC2)CCN(CCC(CNCC(=O)c2ccccc2)c2ccc(Cl)c(Cl)c2)CC1. The number of piperidine rings is 1. The molecule has 6 nitrogen and oxygen atoms in total. The van der Waals surface area contributed by atoms with Crippen LogP contribution >= 0.6 is 23.2 Å². The Morgan fingerprint density at radius 3 is 2.25 bits per heavy atom. The van der Waals surface area contributed by atoms with Crippen LogP contribution in [0.3, 0.4) is 0 Å². The van der Waals surface area contributed by atoms with E-state index in [0.717, 1.165) is 76.2 Å². The van der Waals surface area contributed by atoms with Crippen molar-refractivity contribution in [2.45, 2.75) is 57.4 Å². The number of hydrogen-bond acceptors (Lipinski definition) is 5. The first kappa shape index (κ1) is 31.0. The summed E-state index contributed by atoms with van der Waals surface area (Å²) in [5.74, 6) is 0.585. The fourth-order valence-electron chi connectivity index (χ4n) is 6.34. The quantitative estimate of drug-likeness (QED) is 0.303. The predicted octanol–water partition coefficient (Wildman–Crippen LogP) is 5.74. The molecule has 8 heteroatoms.